The van der Waals surface area contributed by atoms with Crippen molar-refractivity contribution in [2.24, 2.45) is 5.92 Å². The van der Waals surface area contributed by atoms with Crippen LogP contribution in [0.4, 0.5) is 0 Å². The molecule has 0 bridgehead atoms. The van der Waals surface area contributed by atoms with Crippen LogP contribution in [0.15, 0.2) is 18.2 Å². The zero-order chi connectivity index (χ0) is 14.5. The second kappa shape index (κ2) is 6.61. The smallest absolute Gasteiger partial charge is 0.255 e. The number of methoxy groups -OCH3 is 2. The van der Waals surface area contributed by atoms with Crippen molar-refractivity contribution in [1.29, 1.82) is 0 Å². The molecule has 1 amide bonds. The highest BCUT2D eigenvalue weighted by atomic mass is 16.5. The fourth-order valence-electron chi connectivity index (χ4n) is 2.47. The van der Waals surface area contributed by atoms with Gasteiger partial charge in [-0.3, -0.25) is 4.79 Å². The lowest BCUT2D eigenvalue weighted by molar-refractivity contribution is 0.0911. The number of carbonyl (C=O) groups is 1. The summed E-state index contributed by atoms with van der Waals surface area (Å²) in [6.45, 7) is 4.00. The summed E-state index contributed by atoms with van der Waals surface area (Å²) in [4.78, 5) is 12.4. The second-order valence-corrected chi connectivity index (χ2v) is 5.12. The lowest BCUT2D eigenvalue weighted by Crippen LogP contribution is -2.48. The average molecular weight is 278 g/mol. The van der Waals surface area contributed by atoms with Crippen LogP contribution >= 0.6 is 0 Å². The lowest BCUT2D eigenvalue weighted by atomic mass is 9.95. The largest absolute Gasteiger partial charge is 0.497 e. The minimum Gasteiger partial charge on any atom is -0.497 e. The van der Waals surface area contributed by atoms with Gasteiger partial charge < -0.3 is 20.1 Å². The highest BCUT2D eigenvalue weighted by molar-refractivity contribution is 5.97. The highest BCUT2D eigenvalue weighted by Crippen LogP contribution is 2.24. The molecule has 1 aromatic carbocycles. The van der Waals surface area contributed by atoms with Gasteiger partial charge in [-0.2, -0.15) is 0 Å². The summed E-state index contributed by atoms with van der Waals surface area (Å²) in [5.41, 5.74) is 0.512. The standard InChI is InChI=1S/C15H22N2O3/c1-10-9-16-7-6-13(10)17-15(18)12-8-11(19-2)4-5-14(12)20-3/h4-5,8,10,13,16H,6-7,9H2,1-3H3,(H,17,18). The molecule has 1 heterocycles. The number of nitrogens with one attached hydrogen (secondary N) is 2. The number of piperidine rings is 1. The van der Waals surface area contributed by atoms with Gasteiger partial charge in [0.15, 0.2) is 0 Å². The van der Waals surface area contributed by atoms with Gasteiger partial charge in [0.05, 0.1) is 19.8 Å². The Morgan fingerprint density at radius 2 is 2.15 bits per heavy atom. The number of rotatable bonds is 4. The van der Waals surface area contributed by atoms with Gasteiger partial charge in [-0.1, -0.05) is 6.92 Å². The molecule has 110 valence electrons. The quantitative estimate of drug-likeness (QED) is 0.875. The summed E-state index contributed by atoms with van der Waals surface area (Å²) in [7, 11) is 3.14. The Morgan fingerprint density at radius 3 is 2.80 bits per heavy atom. The summed E-state index contributed by atoms with van der Waals surface area (Å²) < 4.78 is 10.4. The predicted octanol–water partition coefficient (Wildman–Crippen LogP) is 1.43. The Bertz CT molecular complexity index is 476. The molecule has 20 heavy (non-hydrogen) atoms. The molecule has 0 aliphatic carbocycles. The van der Waals surface area contributed by atoms with Crippen LogP contribution in [0.3, 0.4) is 0 Å². The van der Waals surface area contributed by atoms with Crippen molar-refractivity contribution in [2.45, 2.75) is 19.4 Å². The monoisotopic (exact) mass is 278 g/mol. The Kier molecular flexibility index (Phi) is 4.84. The molecule has 0 aromatic heterocycles. The van der Waals surface area contributed by atoms with Crippen LogP contribution in [0.2, 0.25) is 0 Å². The molecule has 2 N–H and O–H groups in total. The first kappa shape index (κ1) is 14.7. The van der Waals surface area contributed by atoms with Crippen molar-refractivity contribution in [1.82, 2.24) is 10.6 Å². The lowest BCUT2D eigenvalue weighted by Gasteiger charge is -2.30. The fourth-order valence-corrected chi connectivity index (χ4v) is 2.47. The molecular weight excluding hydrogens is 256 g/mol. The highest BCUT2D eigenvalue weighted by Gasteiger charge is 2.24. The van der Waals surface area contributed by atoms with Crippen molar-refractivity contribution in [2.75, 3.05) is 27.3 Å². The third kappa shape index (κ3) is 3.22. The molecule has 0 radical (unpaired) electrons. The van der Waals surface area contributed by atoms with E-state index in [0.29, 0.717) is 23.0 Å². The number of benzene rings is 1. The van der Waals surface area contributed by atoms with E-state index < -0.39 is 0 Å². The van der Waals surface area contributed by atoms with Gasteiger partial charge in [0.25, 0.3) is 5.91 Å². The maximum absolute atomic E-state index is 12.4. The van der Waals surface area contributed by atoms with Gasteiger partial charge in [-0.15, -0.1) is 0 Å². The summed E-state index contributed by atoms with van der Waals surface area (Å²) >= 11 is 0. The van der Waals surface area contributed by atoms with E-state index in [0.717, 1.165) is 19.5 Å². The van der Waals surface area contributed by atoms with Gasteiger partial charge in [0.1, 0.15) is 11.5 Å². The van der Waals surface area contributed by atoms with Crippen LogP contribution in [-0.2, 0) is 0 Å². The zero-order valence-corrected chi connectivity index (χ0v) is 12.2. The van der Waals surface area contributed by atoms with Gasteiger partial charge in [0, 0.05) is 6.04 Å². The van der Waals surface area contributed by atoms with E-state index in [-0.39, 0.29) is 11.9 Å². The molecule has 1 aromatic rings. The molecule has 0 spiro atoms. The molecule has 2 rings (SSSR count). The number of ether oxygens (including phenoxy) is 2. The molecular formula is C15H22N2O3. The second-order valence-electron chi connectivity index (χ2n) is 5.12. The van der Waals surface area contributed by atoms with Gasteiger partial charge >= 0.3 is 0 Å². The van der Waals surface area contributed by atoms with Crippen molar-refractivity contribution in [3.63, 3.8) is 0 Å². The molecule has 1 saturated heterocycles. The molecule has 5 heteroatoms. The summed E-state index contributed by atoms with van der Waals surface area (Å²) in [6.07, 6.45) is 0.944. The summed E-state index contributed by atoms with van der Waals surface area (Å²) in [5, 5.41) is 6.42. The average Bonchev–Trinajstić information content (AvgIpc) is 2.48. The molecule has 0 saturated carbocycles. The number of hydrogen-bond acceptors (Lipinski definition) is 4. The van der Waals surface area contributed by atoms with E-state index in [2.05, 4.69) is 17.6 Å². The minimum absolute atomic E-state index is 0.112. The van der Waals surface area contributed by atoms with Crippen molar-refractivity contribution in [3.8, 4) is 11.5 Å². The first-order chi connectivity index (χ1) is 9.65. The Morgan fingerprint density at radius 1 is 1.35 bits per heavy atom. The maximum Gasteiger partial charge on any atom is 0.255 e. The molecule has 5 nitrogen and oxygen atoms in total. The van der Waals surface area contributed by atoms with Gasteiger partial charge in [-0.25, -0.2) is 0 Å². The number of carbonyl (C=O) groups excluding carboxylic acids is 1. The van der Waals surface area contributed by atoms with Crippen LogP contribution in [0.25, 0.3) is 0 Å². The van der Waals surface area contributed by atoms with Crippen LogP contribution in [0.1, 0.15) is 23.7 Å². The molecule has 1 fully saturated rings. The minimum atomic E-state index is -0.112. The van der Waals surface area contributed by atoms with E-state index >= 15 is 0 Å². The Labute approximate surface area is 119 Å². The van der Waals surface area contributed by atoms with Crippen LogP contribution in [0, 0.1) is 5.92 Å². The Balaban J connectivity index is 2.15. The van der Waals surface area contributed by atoms with Crippen LogP contribution in [0.5, 0.6) is 11.5 Å². The van der Waals surface area contributed by atoms with Gasteiger partial charge in [-0.05, 0) is 43.6 Å². The van der Waals surface area contributed by atoms with E-state index in [4.69, 9.17) is 9.47 Å². The number of hydrogen-bond donors (Lipinski definition) is 2. The molecule has 2 atom stereocenters. The normalized spacial score (nSPS) is 22.1. The van der Waals surface area contributed by atoms with Crippen LogP contribution in [-0.4, -0.2) is 39.3 Å². The molecule has 1 aliphatic rings. The van der Waals surface area contributed by atoms with Crippen LogP contribution < -0.4 is 20.1 Å². The predicted molar refractivity (Wildman–Crippen MR) is 77.5 cm³/mol. The van der Waals surface area contributed by atoms with E-state index in [1.54, 1.807) is 32.4 Å². The third-order valence-electron chi connectivity index (χ3n) is 3.75. The zero-order valence-electron chi connectivity index (χ0n) is 12.2. The topological polar surface area (TPSA) is 59.6 Å². The first-order valence-electron chi connectivity index (χ1n) is 6.89. The van der Waals surface area contributed by atoms with E-state index in [1.807, 2.05) is 0 Å². The Hall–Kier alpha value is -1.75. The third-order valence-corrected chi connectivity index (χ3v) is 3.75. The van der Waals surface area contributed by atoms with E-state index in [9.17, 15) is 4.79 Å². The molecule has 1 aliphatic heterocycles. The van der Waals surface area contributed by atoms with E-state index in [1.165, 1.54) is 0 Å². The summed E-state index contributed by atoms with van der Waals surface area (Å²) in [6, 6.07) is 5.43. The molecule has 2 unspecified atom stereocenters. The summed E-state index contributed by atoms with van der Waals surface area (Å²) in [5.74, 6) is 1.52. The van der Waals surface area contributed by atoms with Crippen molar-refractivity contribution in [3.05, 3.63) is 23.8 Å². The SMILES string of the molecule is COc1ccc(OC)c(C(=O)NC2CCNCC2C)c1. The fraction of sp³-hybridized carbons (Fsp3) is 0.533. The first-order valence-corrected chi connectivity index (χ1v) is 6.89. The number of amides is 1. The van der Waals surface area contributed by atoms with Gasteiger partial charge in [0.2, 0.25) is 0 Å². The van der Waals surface area contributed by atoms with Crippen molar-refractivity contribution >= 4 is 5.91 Å². The van der Waals surface area contributed by atoms with Crippen molar-refractivity contribution < 1.29 is 14.3 Å². The maximum atomic E-state index is 12.4.